The molecule has 29 heavy (non-hydrogen) atoms. The quantitative estimate of drug-likeness (QED) is 0.528. The van der Waals surface area contributed by atoms with Gasteiger partial charge in [0.15, 0.2) is 0 Å². The zero-order chi connectivity index (χ0) is 20.6. The molecule has 2 aromatic rings. The van der Waals surface area contributed by atoms with E-state index in [2.05, 4.69) is 0 Å². The molecule has 152 valence electrons. The first-order chi connectivity index (χ1) is 14.0. The maximum absolute atomic E-state index is 13.2. The fraction of sp³-hybridized carbons (Fsp3) is 0.333. The van der Waals surface area contributed by atoms with Crippen LogP contribution >= 0.6 is 11.6 Å². The SMILES string of the molecule is CN1C[C@@H](c2ccccc2)OC(=O)CC/C=C\C[C@@H](Cc2ccc(Cl)cc2)C1=O. The van der Waals surface area contributed by atoms with E-state index in [1.54, 1.807) is 11.9 Å². The number of benzene rings is 2. The van der Waals surface area contributed by atoms with Crippen molar-refractivity contribution in [3.8, 4) is 0 Å². The van der Waals surface area contributed by atoms with Gasteiger partial charge < -0.3 is 9.64 Å². The van der Waals surface area contributed by atoms with Crippen LogP contribution in [0.3, 0.4) is 0 Å². The molecule has 0 N–H and O–H groups in total. The third-order valence-corrected chi connectivity index (χ3v) is 5.36. The molecule has 1 aliphatic rings. The average Bonchev–Trinajstić information content (AvgIpc) is 2.73. The van der Waals surface area contributed by atoms with Crippen molar-refractivity contribution in [2.75, 3.05) is 13.6 Å². The van der Waals surface area contributed by atoms with Crippen LogP contribution in [0.1, 0.15) is 36.5 Å². The lowest BCUT2D eigenvalue weighted by Crippen LogP contribution is -2.37. The van der Waals surface area contributed by atoms with E-state index in [0.717, 1.165) is 11.1 Å². The Labute approximate surface area is 177 Å². The lowest BCUT2D eigenvalue weighted by Gasteiger charge is -2.28. The number of amides is 1. The minimum absolute atomic E-state index is 0.0437. The smallest absolute Gasteiger partial charge is 0.306 e. The number of allylic oxidation sites excluding steroid dienone is 2. The number of likely N-dealkylation sites (N-methyl/N-ethyl adjacent to an activating group) is 1. The molecule has 5 heteroatoms. The molecular weight excluding hydrogens is 386 g/mol. The molecule has 4 nitrogen and oxygen atoms in total. The summed E-state index contributed by atoms with van der Waals surface area (Å²) in [5.74, 6) is -0.381. The Morgan fingerprint density at radius 2 is 1.76 bits per heavy atom. The lowest BCUT2D eigenvalue weighted by molar-refractivity contribution is -0.152. The van der Waals surface area contributed by atoms with Crippen molar-refractivity contribution in [2.24, 2.45) is 5.92 Å². The van der Waals surface area contributed by atoms with Crippen molar-refractivity contribution in [2.45, 2.75) is 31.8 Å². The van der Waals surface area contributed by atoms with Gasteiger partial charge in [-0.25, -0.2) is 0 Å². The number of nitrogens with zero attached hydrogens (tertiary/aromatic N) is 1. The summed E-state index contributed by atoms with van der Waals surface area (Å²) >= 11 is 5.99. The number of rotatable bonds is 3. The van der Waals surface area contributed by atoms with E-state index in [1.165, 1.54) is 0 Å². The Hall–Kier alpha value is -2.59. The minimum atomic E-state index is -0.475. The molecule has 0 bridgehead atoms. The first-order valence-corrected chi connectivity index (χ1v) is 10.3. The maximum Gasteiger partial charge on any atom is 0.306 e. The van der Waals surface area contributed by atoms with Crippen LogP contribution < -0.4 is 0 Å². The molecule has 0 aromatic heterocycles. The van der Waals surface area contributed by atoms with Crippen LogP contribution in [-0.4, -0.2) is 30.4 Å². The third kappa shape index (κ3) is 6.20. The lowest BCUT2D eigenvalue weighted by atomic mass is 9.94. The number of hydrogen-bond acceptors (Lipinski definition) is 3. The molecule has 0 fully saturated rings. The van der Waals surface area contributed by atoms with Crippen LogP contribution in [0, 0.1) is 5.92 Å². The van der Waals surface area contributed by atoms with Crippen molar-refractivity contribution in [3.05, 3.63) is 82.9 Å². The van der Waals surface area contributed by atoms with E-state index in [9.17, 15) is 9.59 Å². The second-order valence-corrected chi connectivity index (χ2v) is 7.82. The van der Waals surface area contributed by atoms with E-state index in [-0.39, 0.29) is 17.8 Å². The van der Waals surface area contributed by atoms with Gasteiger partial charge in [0.05, 0.1) is 6.54 Å². The summed E-state index contributed by atoms with van der Waals surface area (Å²) in [6.45, 7) is 0.329. The maximum atomic E-state index is 13.2. The zero-order valence-corrected chi connectivity index (χ0v) is 17.3. The van der Waals surface area contributed by atoms with Crippen molar-refractivity contribution in [1.29, 1.82) is 0 Å². The fourth-order valence-corrected chi connectivity index (χ4v) is 3.63. The topological polar surface area (TPSA) is 46.6 Å². The van der Waals surface area contributed by atoms with E-state index >= 15 is 0 Å². The largest absolute Gasteiger partial charge is 0.456 e. The standard InChI is InChI=1S/C24H26ClNO3/c1-26-17-22(19-8-4-2-5-9-19)29-23(27)11-7-3-6-10-20(24(26)28)16-18-12-14-21(25)15-13-18/h2-6,8-9,12-15,20,22H,7,10-11,16-17H2,1H3/b6-3-/t20-,22-/m0/s1. The number of halogens is 1. The Balaban J connectivity index is 1.81. The summed E-state index contributed by atoms with van der Waals surface area (Å²) in [6.07, 6.45) is 5.70. The van der Waals surface area contributed by atoms with E-state index in [4.69, 9.17) is 16.3 Å². The number of hydrogen-bond donors (Lipinski definition) is 0. The van der Waals surface area contributed by atoms with Gasteiger partial charge in [-0.1, -0.05) is 66.2 Å². The summed E-state index contributed by atoms with van der Waals surface area (Å²) in [4.78, 5) is 27.1. The van der Waals surface area contributed by atoms with Crippen LogP contribution in [0.4, 0.5) is 0 Å². The van der Waals surface area contributed by atoms with Gasteiger partial charge >= 0.3 is 5.97 Å². The number of ether oxygens (including phenoxy) is 1. The molecule has 0 spiro atoms. The van der Waals surface area contributed by atoms with Crippen molar-refractivity contribution in [3.63, 3.8) is 0 Å². The van der Waals surface area contributed by atoms with Gasteiger partial charge in [0.1, 0.15) is 6.10 Å². The van der Waals surface area contributed by atoms with Crippen LogP contribution in [0.15, 0.2) is 66.7 Å². The average molecular weight is 412 g/mol. The molecule has 0 saturated carbocycles. The molecule has 0 saturated heterocycles. The summed E-state index contributed by atoms with van der Waals surface area (Å²) in [5, 5.41) is 0.684. The molecule has 1 aliphatic heterocycles. The van der Waals surface area contributed by atoms with Crippen LogP contribution in [0.5, 0.6) is 0 Å². The molecule has 0 unspecified atom stereocenters. The van der Waals surface area contributed by atoms with Crippen LogP contribution in [0.25, 0.3) is 0 Å². The predicted octanol–water partition coefficient (Wildman–Crippen LogP) is 4.98. The Bertz CT molecular complexity index is 848. The molecule has 1 amide bonds. The highest BCUT2D eigenvalue weighted by atomic mass is 35.5. The highest BCUT2D eigenvalue weighted by Crippen LogP contribution is 2.23. The zero-order valence-electron chi connectivity index (χ0n) is 16.6. The van der Waals surface area contributed by atoms with Gasteiger partial charge in [-0.05, 0) is 42.5 Å². The molecule has 3 rings (SSSR count). The van der Waals surface area contributed by atoms with Gasteiger partial charge in [0.2, 0.25) is 5.91 Å². The second-order valence-electron chi connectivity index (χ2n) is 7.38. The van der Waals surface area contributed by atoms with E-state index in [0.29, 0.717) is 37.3 Å². The summed E-state index contributed by atoms with van der Waals surface area (Å²) in [5.41, 5.74) is 1.97. The molecule has 0 aliphatic carbocycles. The minimum Gasteiger partial charge on any atom is -0.456 e. The van der Waals surface area contributed by atoms with Crippen LogP contribution in [0.2, 0.25) is 5.02 Å². The Morgan fingerprint density at radius 1 is 1.03 bits per heavy atom. The van der Waals surface area contributed by atoms with Crippen LogP contribution in [-0.2, 0) is 20.7 Å². The predicted molar refractivity (Wildman–Crippen MR) is 115 cm³/mol. The Morgan fingerprint density at radius 3 is 2.48 bits per heavy atom. The highest BCUT2D eigenvalue weighted by molar-refractivity contribution is 6.30. The van der Waals surface area contributed by atoms with E-state index < -0.39 is 6.10 Å². The normalized spacial score (nSPS) is 22.3. The number of carbonyl (C=O) groups excluding carboxylic acids is 2. The number of esters is 1. The monoisotopic (exact) mass is 411 g/mol. The molecule has 2 aromatic carbocycles. The summed E-state index contributed by atoms with van der Waals surface area (Å²) in [6, 6.07) is 17.2. The van der Waals surface area contributed by atoms with E-state index in [1.807, 2.05) is 66.7 Å². The third-order valence-electron chi connectivity index (χ3n) is 5.11. The first kappa shape index (κ1) is 21.1. The fourth-order valence-electron chi connectivity index (χ4n) is 3.50. The molecule has 2 atom stereocenters. The van der Waals surface area contributed by atoms with Gasteiger partial charge in [-0.2, -0.15) is 0 Å². The van der Waals surface area contributed by atoms with Crippen molar-refractivity contribution < 1.29 is 14.3 Å². The second kappa shape index (κ2) is 10.3. The number of carbonyl (C=O) groups is 2. The Kier molecular flexibility index (Phi) is 7.48. The summed E-state index contributed by atoms with van der Waals surface area (Å²) < 4.78 is 5.71. The number of cyclic esters (lactones) is 1. The molecule has 1 heterocycles. The van der Waals surface area contributed by atoms with Gasteiger partial charge in [-0.15, -0.1) is 0 Å². The first-order valence-electron chi connectivity index (χ1n) is 9.92. The molecular formula is C24H26ClNO3. The van der Waals surface area contributed by atoms with Gasteiger partial charge in [0, 0.05) is 24.4 Å². The van der Waals surface area contributed by atoms with Crippen molar-refractivity contribution >= 4 is 23.5 Å². The van der Waals surface area contributed by atoms with Crippen molar-refractivity contribution in [1.82, 2.24) is 4.90 Å². The highest BCUT2D eigenvalue weighted by Gasteiger charge is 2.26. The summed E-state index contributed by atoms with van der Waals surface area (Å²) in [7, 11) is 1.77. The molecule has 0 radical (unpaired) electrons. The van der Waals surface area contributed by atoms with Gasteiger partial charge in [-0.3, -0.25) is 9.59 Å². The van der Waals surface area contributed by atoms with Gasteiger partial charge in [0.25, 0.3) is 0 Å².